The molecule has 0 aliphatic carbocycles. The second-order valence-corrected chi connectivity index (χ2v) is 2.75. The van der Waals surface area contributed by atoms with Crippen LogP contribution in [0.5, 0.6) is 5.75 Å². The van der Waals surface area contributed by atoms with Crippen molar-refractivity contribution in [3.05, 3.63) is 34.9 Å². The zero-order valence-corrected chi connectivity index (χ0v) is 7.25. The van der Waals surface area contributed by atoms with Gasteiger partial charge in [0.15, 0.2) is 0 Å². The minimum atomic E-state index is 0.205. The Bertz CT molecular complexity index is 297. The molecule has 0 aromatic heterocycles. The van der Waals surface area contributed by atoms with Gasteiger partial charge >= 0.3 is 0 Å². The van der Waals surface area contributed by atoms with Gasteiger partial charge in [0.1, 0.15) is 5.75 Å². The maximum atomic E-state index is 9.11. The summed E-state index contributed by atoms with van der Waals surface area (Å²) in [4.78, 5) is 0. The van der Waals surface area contributed by atoms with Gasteiger partial charge in [-0.2, -0.15) is 0 Å². The lowest BCUT2D eigenvalue weighted by atomic mass is 10.2. The van der Waals surface area contributed by atoms with Gasteiger partial charge in [-0.25, -0.2) is 0 Å². The van der Waals surface area contributed by atoms with E-state index in [0.29, 0.717) is 11.6 Å². The first kappa shape index (κ1) is 9.10. The van der Waals surface area contributed by atoms with E-state index in [1.807, 2.05) is 0 Å². The van der Waals surface area contributed by atoms with Gasteiger partial charge in [-0.3, -0.25) is 0 Å². The van der Waals surface area contributed by atoms with E-state index in [-0.39, 0.29) is 5.75 Å². The Labute approximate surface area is 76.3 Å². The summed E-state index contributed by atoms with van der Waals surface area (Å²) in [6, 6.07) is 4.78. The van der Waals surface area contributed by atoms with Crippen LogP contribution in [0, 0.1) is 0 Å². The third-order valence-corrected chi connectivity index (χ3v) is 1.76. The van der Waals surface area contributed by atoms with E-state index in [0.717, 1.165) is 5.56 Å². The maximum absolute atomic E-state index is 9.11. The van der Waals surface area contributed by atoms with Crippen LogP contribution in [-0.4, -0.2) is 11.7 Å². The molecule has 0 aliphatic rings. The molecular formula is C9H10ClNO. The first-order valence-electron chi connectivity index (χ1n) is 3.59. The van der Waals surface area contributed by atoms with Crippen LogP contribution in [0.25, 0.3) is 6.08 Å². The van der Waals surface area contributed by atoms with Crippen LogP contribution in [0.15, 0.2) is 24.3 Å². The molecule has 2 nitrogen and oxygen atoms in total. The molecule has 0 saturated heterocycles. The van der Waals surface area contributed by atoms with Crippen LogP contribution >= 0.6 is 11.6 Å². The number of hydrogen-bond acceptors (Lipinski definition) is 2. The molecule has 0 saturated carbocycles. The summed E-state index contributed by atoms with van der Waals surface area (Å²) >= 11 is 5.83. The Morgan fingerprint density at radius 2 is 2.25 bits per heavy atom. The summed E-state index contributed by atoms with van der Waals surface area (Å²) in [6.45, 7) is 0.464. The lowest BCUT2D eigenvalue weighted by Crippen LogP contribution is -1.91. The van der Waals surface area contributed by atoms with E-state index in [9.17, 15) is 0 Å². The van der Waals surface area contributed by atoms with Crippen molar-refractivity contribution in [2.75, 3.05) is 6.54 Å². The van der Waals surface area contributed by atoms with Crippen LogP contribution in [0.1, 0.15) is 5.56 Å². The molecule has 0 atom stereocenters. The van der Waals surface area contributed by atoms with Gasteiger partial charge in [0, 0.05) is 11.6 Å². The van der Waals surface area contributed by atoms with Crippen molar-refractivity contribution in [2.45, 2.75) is 0 Å². The highest BCUT2D eigenvalue weighted by atomic mass is 35.5. The first-order chi connectivity index (χ1) is 5.74. The van der Waals surface area contributed by atoms with Gasteiger partial charge in [-0.15, -0.1) is 0 Å². The van der Waals surface area contributed by atoms with Crippen LogP contribution in [0.2, 0.25) is 5.02 Å². The monoisotopic (exact) mass is 183 g/mol. The number of phenolic OH excluding ortho intramolecular Hbond substituents is 1. The topological polar surface area (TPSA) is 46.2 Å². The zero-order valence-electron chi connectivity index (χ0n) is 6.50. The van der Waals surface area contributed by atoms with Gasteiger partial charge in [0.2, 0.25) is 0 Å². The second-order valence-electron chi connectivity index (χ2n) is 2.34. The third-order valence-electron chi connectivity index (χ3n) is 1.41. The summed E-state index contributed by atoms with van der Waals surface area (Å²) in [5.41, 5.74) is 6.05. The quantitative estimate of drug-likeness (QED) is 0.737. The number of benzene rings is 1. The van der Waals surface area contributed by atoms with Gasteiger partial charge < -0.3 is 10.8 Å². The summed E-state index contributed by atoms with van der Waals surface area (Å²) in [7, 11) is 0. The first-order valence-corrected chi connectivity index (χ1v) is 3.97. The Morgan fingerprint density at radius 3 is 2.92 bits per heavy atom. The van der Waals surface area contributed by atoms with Crippen LogP contribution in [0.4, 0.5) is 0 Å². The molecular weight excluding hydrogens is 174 g/mol. The molecule has 0 aliphatic heterocycles. The maximum Gasteiger partial charge on any atom is 0.116 e. The van der Waals surface area contributed by atoms with Gasteiger partial charge in [-0.1, -0.05) is 23.8 Å². The predicted molar refractivity (Wildman–Crippen MR) is 51.2 cm³/mol. The summed E-state index contributed by atoms with van der Waals surface area (Å²) < 4.78 is 0. The van der Waals surface area contributed by atoms with Crippen molar-refractivity contribution in [3.8, 4) is 5.75 Å². The molecule has 0 amide bonds. The number of halogens is 1. The van der Waals surface area contributed by atoms with E-state index in [4.69, 9.17) is 22.4 Å². The normalized spacial score (nSPS) is 10.8. The smallest absolute Gasteiger partial charge is 0.116 e. The molecule has 1 aromatic rings. The van der Waals surface area contributed by atoms with Crippen molar-refractivity contribution in [3.63, 3.8) is 0 Å². The van der Waals surface area contributed by atoms with Crippen molar-refractivity contribution in [1.29, 1.82) is 0 Å². The summed E-state index contributed by atoms with van der Waals surface area (Å²) in [6.07, 6.45) is 3.56. The minimum absolute atomic E-state index is 0.205. The van der Waals surface area contributed by atoms with Gasteiger partial charge in [-0.05, 0) is 23.8 Å². The fourth-order valence-electron chi connectivity index (χ4n) is 0.854. The molecule has 3 heteroatoms. The molecule has 0 fully saturated rings. The lowest BCUT2D eigenvalue weighted by molar-refractivity contribution is 0.475. The fourth-order valence-corrected chi connectivity index (χ4v) is 1.03. The molecule has 3 N–H and O–H groups in total. The zero-order chi connectivity index (χ0) is 8.97. The Hall–Kier alpha value is -0.990. The third kappa shape index (κ3) is 2.26. The molecule has 0 radical (unpaired) electrons. The molecule has 1 rings (SSSR count). The molecule has 12 heavy (non-hydrogen) atoms. The number of hydrogen-bond donors (Lipinski definition) is 2. The van der Waals surface area contributed by atoms with E-state index in [2.05, 4.69) is 0 Å². The highest BCUT2D eigenvalue weighted by Crippen LogP contribution is 2.21. The molecule has 0 unspecified atom stereocenters. The Morgan fingerprint density at radius 1 is 1.50 bits per heavy atom. The SMILES string of the molecule is NC/C=C/c1cc(O)ccc1Cl. The second kappa shape index (κ2) is 4.14. The molecule has 0 heterocycles. The highest BCUT2D eigenvalue weighted by Gasteiger charge is 1.96. The molecule has 0 spiro atoms. The van der Waals surface area contributed by atoms with E-state index >= 15 is 0 Å². The molecule has 64 valence electrons. The Balaban J connectivity index is 2.97. The predicted octanol–water partition coefficient (Wildman–Crippen LogP) is 2.02. The largest absolute Gasteiger partial charge is 0.508 e. The van der Waals surface area contributed by atoms with Crippen LogP contribution in [0.3, 0.4) is 0 Å². The average Bonchev–Trinajstić information content (AvgIpc) is 2.07. The van der Waals surface area contributed by atoms with E-state index in [1.165, 1.54) is 0 Å². The lowest BCUT2D eigenvalue weighted by Gasteiger charge is -1.98. The average molecular weight is 184 g/mol. The van der Waals surface area contributed by atoms with Crippen molar-refractivity contribution >= 4 is 17.7 Å². The van der Waals surface area contributed by atoms with Gasteiger partial charge in [0.05, 0.1) is 0 Å². The van der Waals surface area contributed by atoms with Crippen molar-refractivity contribution in [2.24, 2.45) is 5.73 Å². The Kier molecular flexibility index (Phi) is 3.14. The summed E-state index contributed by atoms with van der Waals surface area (Å²) in [5.74, 6) is 0.205. The van der Waals surface area contributed by atoms with Gasteiger partial charge in [0.25, 0.3) is 0 Å². The summed E-state index contributed by atoms with van der Waals surface area (Å²) in [5, 5.41) is 9.72. The van der Waals surface area contributed by atoms with Crippen molar-refractivity contribution < 1.29 is 5.11 Å². The van der Waals surface area contributed by atoms with Crippen LogP contribution < -0.4 is 5.73 Å². The van der Waals surface area contributed by atoms with E-state index in [1.54, 1.807) is 30.4 Å². The number of rotatable bonds is 2. The fraction of sp³-hybridized carbons (Fsp3) is 0.111. The molecule has 0 bridgehead atoms. The number of aromatic hydroxyl groups is 1. The van der Waals surface area contributed by atoms with Crippen molar-refractivity contribution in [1.82, 2.24) is 0 Å². The number of nitrogens with two attached hydrogens (primary N) is 1. The number of phenols is 1. The molecule has 1 aromatic carbocycles. The standard InChI is InChI=1S/C9H10ClNO/c10-9-4-3-8(12)6-7(9)2-1-5-11/h1-4,6,12H,5,11H2/b2-1+. The minimum Gasteiger partial charge on any atom is -0.508 e. The van der Waals surface area contributed by atoms with Crippen LogP contribution in [-0.2, 0) is 0 Å². The van der Waals surface area contributed by atoms with E-state index < -0.39 is 0 Å². The highest BCUT2D eigenvalue weighted by molar-refractivity contribution is 6.32.